The van der Waals surface area contributed by atoms with E-state index in [1.54, 1.807) is 0 Å². The van der Waals surface area contributed by atoms with E-state index in [1.165, 1.54) is 77.0 Å². The second kappa shape index (κ2) is 10.3. The van der Waals surface area contributed by atoms with Gasteiger partial charge in [0.25, 0.3) is 0 Å². The largest absolute Gasteiger partial charge is 0.498 e. The third kappa shape index (κ3) is 5.97. The molecular weight excluding hydrogens is 268 g/mol. The Labute approximate surface area is 138 Å². The lowest BCUT2D eigenvalue weighted by Crippen LogP contribution is -2.29. The van der Waals surface area contributed by atoms with Gasteiger partial charge in [0.1, 0.15) is 0 Å². The Morgan fingerprint density at radius 3 is 2.45 bits per heavy atom. The molecule has 1 nitrogen and oxygen atoms in total. The smallest absolute Gasteiger partial charge is 0.0981 e. The number of unbranched alkanes of at least 4 members (excludes halogenated alkanes) is 2. The van der Waals surface area contributed by atoms with Crippen molar-refractivity contribution in [1.29, 1.82) is 0 Å². The molecule has 2 atom stereocenters. The maximum absolute atomic E-state index is 5.95. The first-order valence-corrected chi connectivity index (χ1v) is 10.1. The number of hydrogen-bond acceptors (Lipinski definition) is 1. The van der Waals surface area contributed by atoms with Crippen LogP contribution in [0.2, 0.25) is 0 Å². The Hall–Kier alpha value is -0.460. The van der Waals surface area contributed by atoms with Crippen LogP contribution in [0.1, 0.15) is 97.3 Å². The van der Waals surface area contributed by atoms with Crippen LogP contribution in [0, 0.1) is 17.8 Å². The van der Waals surface area contributed by atoms with Gasteiger partial charge in [-0.1, -0.05) is 58.4 Å². The monoisotopic (exact) mass is 306 g/mol. The van der Waals surface area contributed by atoms with E-state index >= 15 is 0 Å². The fourth-order valence-corrected chi connectivity index (χ4v) is 4.63. The minimum Gasteiger partial charge on any atom is -0.498 e. The van der Waals surface area contributed by atoms with Crippen molar-refractivity contribution >= 4 is 0 Å². The van der Waals surface area contributed by atoms with Crippen molar-refractivity contribution in [2.75, 3.05) is 0 Å². The van der Waals surface area contributed by atoms with E-state index in [0.29, 0.717) is 6.10 Å². The van der Waals surface area contributed by atoms with Crippen molar-refractivity contribution in [3.8, 4) is 0 Å². The summed E-state index contributed by atoms with van der Waals surface area (Å²) in [4.78, 5) is 0. The predicted molar refractivity (Wildman–Crippen MR) is 95.9 cm³/mol. The number of rotatable bonds is 8. The van der Waals surface area contributed by atoms with Crippen LogP contribution in [-0.4, -0.2) is 6.10 Å². The molecular formula is C21H38O. The average molecular weight is 307 g/mol. The topological polar surface area (TPSA) is 9.23 Å². The third-order valence-electron chi connectivity index (χ3n) is 6.04. The highest BCUT2D eigenvalue weighted by Gasteiger charge is 2.31. The molecule has 0 aliphatic heterocycles. The summed E-state index contributed by atoms with van der Waals surface area (Å²) >= 11 is 0. The highest BCUT2D eigenvalue weighted by Crippen LogP contribution is 2.41. The van der Waals surface area contributed by atoms with Crippen molar-refractivity contribution in [2.45, 2.75) is 103 Å². The second-order valence-corrected chi connectivity index (χ2v) is 7.74. The maximum Gasteiger partial charge on any atom is 0.0981 e. The molecule has 0 saturated heterocycles. The van der Waals surface area contributed by atoms with Crippen LogP contribution in [0.15, 0.2) is 12.3 Å². The fourth-order valence-electron chi connectivity index (χ4n) is 4.63. The van der Waals surface area contributed by atoms with E-state index in [4.69, 9.17) is 4.74 Å². The van der Waals surface area contributed by atoms with Crippen LogP contribution in [0.4, 0.5) is 0 Å². The van der Waals surface area contributed by atoms with Crippen LogP contribution in [0.5, 0.6) is 0 Å². The van der Waals surface area contributed by atoms with Crippen molar-refractivity contribution in [2.24, 2.45) is 17.8 Å². The zero-order chi connectivity index (χ0) is 15.6. The standard InChI is InChI=1S/C21H38O/c1-3-5-7-9-18-12-14-19(15-13-18)20-10-8-11-21(17-20)22-16-6-4-2/h6,16,18-21H,3-5,7-15,17H2,1-2H3/b16-6+. The second-order valence-electron chi connectivity index (χ2n) is 7.74. The quantitative estimate of drug-likeness (QED) is 0.351. The molecule has 2 fully saturated rings. The Bertz CT molecular complexity index is 301. The summed E-state index contributed by atoms with van der Waals surface area (Å²) < 4.78 is 5.95. The van der Waals surface area contributed by atoms with E-state index in [9.17, 15) is 0 Å². The molecule has 2 rings (SSSR count). The molecule has 2 aliphatic carbocycles. The van der Waals surface area contributed by atoms with Gasteiger partial charge >= 0.3 is 0 Å². The number of hydrogen-bond donors (Lipinski definition) is 0. The summed E-state index contributed by atoms with van der Waals surface area (Å²) in [5, 5.41) is 0. The van der Waals surface area contributed by atoms with Gasteiger partial charge in [0, 0.05) is 0 Å². The Balaban J connectivity index is 1.68. The first kappa shape index (κ1) is 17.9. The molecule has 0 aromatic heterocycles. The molecule has 0 bridgehead atoms. The van der Waals surface area contributed by atoms with Gasteiger partial charge in [-0.15, -0.1) is 0 Å². The van der Waals surface area contributed by atoms with Crippen LogP contribution >= 0.6 is 0 Å². The Kier molecular flexibility index (Phi) is 8.41. The number of ether oxygens (including phenoxy) is 1. The van der Waals surface area contributed by atoms with Crippen LogP contribution < -0.4 is 0 Å². The SMILES string of the molecule is CC/C=C/OC1CCCC(C2CCC(CCCCC)CC2)C1. The summed E-state index contributed by atoms with van der Waals surface area (Å²) in [6.45, 7) is 4.48. The van der Waals surface area contributed by atoms with E-state index in [-0.39, 0.29) is 0 Å². The van der Waals surface area contributed by atoms with E-state index in [0.717, 1.165) is 24.2 Å². The zero-order valence-corrected chi connectivity index (χ0v) is 15.1. The van der Waals surface area contributed by atoms with Gasteiger partial charge in [-0.05, 0) is 62.7 Å². The predicted octanol–water partition coefficient (Wildman–Crippen LogP) is 6.87. The molecule has 22 heavy (non-hydrogen) atoms. The Morgan fingerprint density at radius 1 is 0.909 bits per heavy atom. The highest BCUT2D eigenvalue weighted by atomic mass is 16.5. The first-order chi connectivity index (χ1) is 10.8. The third-order valence-corrected chi connectivity index (χ3v) is 6.04. The summed E-state index contributed by atoms with van der Waals surface area (Å²) in [5.74, 6) is 3.00. The normalized spacial score (nSPS) is 33.2. The molecule has 0 aromatic carbocycles. The van der Waals surface area contributed by atoms with E-state index in [2.05, 4.69) is 19.9 Å². The molecule has 0 radical (unpaired) electrons. The molecule has 0 amide bonds. The average Bonchev–Trinajstić information content (AvgIpc) is 2.56. The molecule has 2 aliphatic rings. The molecule has 0 N–H and O–H groups in total. The van der Waals surface area contributed by atoms with E-state index < -0.39 is 0 Å². The maximum atomic E-state index is 5.95. The summed E-state index contributed by atoms with van der Waals surface area (Å²) in [5.41, 5.74) is 0. The minimum absolute atomic E-state index is 0.504. The van der Waals surface area contributed by atoms with Gasteiger partial charge in [-0.25, -0.2) is 0 Å². The van der Waals surface area contributed by atoms with E-state index in [1.807, 2.05) is 6.26 Å². The molecule has 0 aromatic rings. The van der Waals surface area contributed by atoms with Gasteiger partial charge in [-0.2, -0.15) is 0 Å². The number of allylic oxidation sites excluding steroid dienone is 1. The molecule has 128 valence electrons. The lowest BCUT2D eigenvalue weighted by atomic mass is 9.70. The van der Waals surface area contributed by atoms with Gasteiger partial charge in [0.2, 0.25) is 0 Å². The molecule has 1 heteroatoms. The zero-order valence-electron chi connectivity index (χ0n) is 15.1. The Morgan fingerprint density at radius 2 is 1.73 bits per heavy atom. The molecule has 2 saturated carbocycles. The van der Waals surface area contributed by atoms with Crippen molar-refractivity contribution in [1.82, 2.24) is 0 Å². The highest BCUT2D eigenvalue weighted by molar-refractivity contribution is 4.84. The molecule has 0 heterocycles. The van der Waals surface area contributed by atoms with Crippen molar-refractivity contribution in [3.05, 3.63) is 12.3 Å². The summed E-state index contributed by atoms with van der Waals surface area (Å²) in [6.07, 6.45) is 22.9. The van der Waals surface area contributed by atoms with Crippen LogP contribution in [0.3, 0.4) is 0 Å². The van der Waals surface area contributed by atoms with Crippen LogP contribution in [-0.2, 0) is 4.74 Å². The lowest BCUT2D eigenvalue weighted by molar-refractivity contribution is 0.0510. The van der Waals surface area contributed by atoms with Gasteiger partial charge in [0.05, 0.1) is 12.4 Å². The fraction of sp³-hybridized carbons (Fsp3) is 0.905. The summed E-state index contributed by atoms with van der Waals surface area (Å²) in [6, 6.07) is 0. The van der Waals surface area contributed by atoms with Gasteiger partial charge < -0.3 is 4.74 Å². The van der Waals surface area contributed by atoms with Gasteiger partial charge in [-0.3, -0.25) is 0 Å². The molecule has 2 unspecified atom stereocenters. The van der Waals surface area contributed by atoms with Crippen molar-refractivity contribution < 1.29 is 4.74 Å². The summed E-state index contributed by atoms with van der Waals surface area (Å²) in [7, 11) is 0. The van der Waals surface area contributed by atoms with Crippen LogP contribution in [0.25, 0.3) is 0 Å². The molecule has 0 spiro atoms. The first-order valence-electron chi connectivity index (χ1n) is 10.1. The van der Waals surface area contributed by atoms with Crippen molar-refractivity contribution in [3.63, 3.8) is 0 Å². The minimum atomic E-state index is 0.504. The lowest BCUT2D eigenvalue weighted by Gasteiger charge is -2.38. The van der Waals surface area contributed by atoms with Gasteiger partial charge in [0.15, 0.2) is 0 Å².